The molecule has 1 heterocycles. The number of rotatable bonds is 0. The van der Waals surface area contributed by atoms with Crippen LogP contribution in [0.5, 0.6) is 0 Å². The van der Waals surface area contributed by atoms with Crippen molar-refractivity contribution < 1.29 is 0 Å². The standard InChI is InChI=1S/C10H12S/c1-8-3-4-9-5-6-11(2)10(9)7-8/h3-4,7H,2,5-6H2,1H3. The molecule has 0 nitrogen and oxygen atoms in total. The maximum Gasteiger partial charge on any atom is 0.00463 e. The predicted molar refractivity (Wildman–Crippen MR) is 52.7 cm³/mol. The fraction of sp³-hybridized carbons (Fsp3) is 0.300. The van der Waals surface area contributed by atoms with Crippen LogP contribution in [0, 0.1) is 6.92 Å². The van der Waals surface area contributed by atoms with E-state index in [0.29, 0.717) is 10.5 Å². The van der Waals surface area contributed by atoms with Crippen LogP contribution in [0.2, 0.25) is 0 Å². The smallest absolute Gasteiger partial charge is 0.00463 e. The van der Waals surface area contributed by atoms with Crippen molar-refractivity contribution >= 4 is 16.4 Å². The Labute approximate surface area is 70.2 Å². The Morgan fingerprint density at radius 3 is 3.09 bits per heavy atom. The highest BCUT2D eigenvalue weighted by Gasteiger charge is 2.12. The Kier molecular flexibility index (Phi) is 1.61. The van der Waals surface area contributed by atoms with E-state index >= 15 is 0 Å². The molecule has 0 fully saturated rings. The van der Waals surface area contributed by atoms with Gasteiger partial charge in [0, 0.05) is 4.90 Å². The van der Waals surface area contributed by atoms with Crippen molar-refractivity contribution in [2.24, 2.45) is 0 Å². The van der Waals surface area contributed by atoms with Crippen LogP contribution in [0.3, 0.4) is 0 Å². The van der Waals surface area contributed by atoms with E-state index in [2.05, 4.69) is 31.0 Å². The van der Waals surface area contributed by atoms with Crippen LogP contribution >= 0.6 is 10.5 Å². The number of benzene rings is 1. The van der Waals surface area contributed by atoms with Crippen LogP contribution in [0.1, 0.15) is 11.1 Å². The van der Waals surface area contributed by atoms with Gasteiger partial charge in [-0.3, -0.25) is 0 Å². The third-order valence-corrected chi connectivity index (χ3v) is 3.85. The molecule has 0 radical (unpaired) electrons. The summed E-state index contributed by atoms with van der Waals surface area (Å²) in [4.78, 5) is 1.50. The molecule has 0 aliphatic carbocycles. The molecule has 1 heteroatoms. The van der Waals surface area contributed by atoms with E-state index < -0.39 is 0 Å². The van der Waals surface area contributed by atoms with Crippen LogP contribution in [0.25, 0.3) is 0 Å². The van der Waals surface area contributed by atoms with E-state index in [9.17, 15) is 0 Å². The van der Waals surface area contributed by atoms with Gasteiger partial charge in [0.05, 0.1) is 0 Å². The summed E-state index contributed by atoms with van der Waals surface area (Å²) in [6.07, 6.45) is 1.24. The van der Waals surface area contributed by atoms with Crippen molar-refractivity contribution in [3.8, 4) is 0 Å². The molecule has 0 aromatic heterocycles. The van der Waals surface area contributed by atoms with Gasteiger partial charge < -0.3 is 0 Å². The van der Waals surface area contributed by atoms with Gasteiger partial charge >= 0.3 is 0 Å². The first-order chi connectivity index (χ1) is 5.27. The van der Waals surface area contributed by atoms with Gasteiger partial charge in [-0.25, -0.2) is 0 Å². The third kappa shape index (κ3) is 1.14. The first kappa shape index (κ1) is 7.11. The van der Waals surface area contributed by atoms with E-state index in [0.717, 1.165) is 0 Å². The monoisotopic (exact) mass is 164 g/mol. The lowest BCUT2D eigenvalue weighted by molar-refractivity contribution is 1.14. The number of aryl methyl sites for hydroxylation is 2. The Balaban J connectivity index is 2.60. The summed E-state index contributed by atoms with van der Waals surface area (Å²) in [5, 5.41) is 0. The molecule has 1 aromatic carbocycles. The second-order valence-corrected chi connectivity index (χ2v) is 4.89. The summed E-state index contributed by atoms with van der Waals surface area (Å²) in [5.74, 6) is 5.41. The second kappa shape index (κ2) is 2.49. The molecular formula is C10H12S. The summed E-state index contributed by atoms with van der Waals surface area (Å²) < 4.78 is 0. The Morgan fingerprint density at radius 1 is 1.45 bits per heavy atom. The molecule has 0 amide bonds. The molecule has 2 rings (SSSR count). The zero-order valence-corrected chi connectivity index (χ0v) is 7.58. The predicted octanol–water partition coefficient (Wildman–Crippen LogP) is 2.61. The third-order valence-electron chi connectivity index (χ3n) is 2.15. The molecule has 1 atom stereocenters. The maximum atomic E-state index is 4.15. The topological polar surface area (TPSA) is 0 Å². The number of fused-ring (bicyclic) bond motifs is 1. The lowest BCUT2D eigenvalue weighted by Gasteiger charge is -2.00. The average molecular weight is 164 g/mol. The van der Waals surface area contributed by atoms with Crippen LogP contribution in [-0.4, -0.2) is 11.6 Å². The molecule has 0 saturated heterocycles. The zero-order valence-electron chi connectivity index (χ0n) is 6.76. The highest BCUT2D eigenvalue weighted by molar-refractivity contribution is 8.14. The zero-order chi connectivity index (χ0) is 7.84. The van der Waals surface area contributed by atoms with Crippen molar-refractivity contribution in [2.75, 3.05) is 5.75 Å². The van der Waals surface area contributed by atoms with Gasteiger partial charge in [-0.05, 0) is 30.7 Å². The van der Waals surface area contributed by atoms with Gasteiger partial charge in [0.2, 0.25) is 0 Å². The molecule has 58 valence electrons. The van der Waals surface area contributed by atoms with Gasteiger partial charge in [0.25, 0.3) is 0 Å². The highest BCUT2D eigenvalue weighted by atomic mass is 32.2. The van der Waals surface area contributed by atoms with Crippen molar-refractivity contribution in [1.29, 1.82) is 0 Å². The summed E-state index contributed by atoms with van der Waals surface area (Å²) in [7, 11) is 0.292. The fourth-order valence-electron chi connectivity index (χ4n) is 1.48. The fourth-order valence-corrected chi connectivity index (χ4v) is 3.06. The quantitative estimate of drug-likeness (QED) is 0.517. The van der Waals surface area contributed by atoms with Crippen LogP contribution in [0.15, 0.2) is 23.1 Å². The average Bonchev–Trinajstić information content (AvgIpc) is 2.33. The molecule has 0 N–H and O–H groups in total. The van der Waals surface area contributed by atoms with Crippen LogP contribution in [-0.2, 0) is 6.42 Å². The summed E-state index contributed by atoms with van der Waals surface area (Å²) in [6.45, 7) is 2.15. The summed E-state index contributed by atoms with van der Waals surface area (Å²) in [5.41, 5.74) is 2.89. The maximum absolute atomic E-state index is 4.15. The van der Waals surface area contributed by atoms with Gasteiger partial charge in [-0.2, -0.15) is 10.5 Å². The van der Waals surface area contributed by atoms with Crippen molar-refractivity contribution in [2.45, 2.75) is 18.2 Å². The largest absolute Gasteiger partial charge is 0.161 e. The molecule has 0 bridgehead atoms. The highest BCUT2D eigenvalue weighted by Crippen LogP contribution is 2.36. The van der Waals surface area contributed by atoms with Crippen molar-refractivity contribution in [3.63, 3.8) is 0 Å². The lowest BCUT2D eigenvalue weighted by atomic mass is 10.1. The molecule has 1 aromatic rings. The molecule has 1 aliphatic rings. The van der Waals surface area contributed by atoms with Gasteiger partial charge in [0.15, 0.2) is 0 Å². The summed E-state index contributed by atoms with van der Waals surface area (Å²) >= 11 is 0. The van der Waals surface area contributed by atoms with Crippen LogP contribution < -0.4 is 0 Å². The van der Waals surface area contributed by atoms with Gasteiger partial charge in [-0.1, -0.05) is 23.6 Å². The SMILES string of the molecule is C=S1CCc2ccc(C)cc21. The number of hydrogen-bond donors (Lipinski definition) is 0. The minimum atomic E-state index is 0.292. The van der Waals surface area contributed by atoms with E-state index in [1.54, 1.807) is 0 Å². The van der Waals surface area contributed by atoms with Gasteiger partial charge in [0.1, 0.15) is 0 Å². The summed E-state index contributed by atoms with van der Waals surface area (Å²) in [6, 6.07) is 6.74. The number of hydrogen-bond acceptors (Lipinski definition) is 0. The van der Waals surface area contributed by atoms with E-state index in [1.807, 2.05) is 0 Å². The van der Waals surface area contributed by atoms with E-state index in [1.165, 1.54) is 28.2 Å². The Hall–Kier alpha value is -0.560. The first-order valence-electron chi connectivity index (χ1n) is 3.87. The normalized spacial score (nSPS) is 21.7. The second-order valence-electron chi connectivity index (χ2n) is 3.06. The van der Waals surface area contributed by atoms with Crippen LogP contribution in [0.4, 0.5) is 0 Å². The molecule has 11 heavy (non-hydrogen) atoms. The Morgan fingerprint density at radius 2 is 2.27 bits per heavy atom. The van der Waals surface area contributed by atoms with Crippen molar-refractivity contribution in [1.82, 2.24) is 0 Å². The van der Waals surface area contributed by atoms with Crippen molar-refractivity contribution in [3.05, 3.63) is 29.3 Å². The molecule has 1 unspecified atom stereocenters. The molecule has 0 saturated carbocycles. The Bertz CT molecular complexity index is 313. The molecule has 0 spiro atoms. The van der Waals surface area contributed by atoms with E-state index in [-0.39, 0.29) is 0 Å². The van der Waals surface area contributed by atoms with E-state index in [4.69, 9.17) is 0 Å². The first-order valence-corrected chi connectivity index (χ1v) is 5.44. The molecular weight excluding hydrogens is 152 g/mol. The minimum absolute atomic E-state index is 0.292. The minimum Gasteiger partial charge on any atom is -0.161 e. The lowest BCUT2D eigenvalue weighted by Crippen LogP contribution is -1.79. The van der Waals surface area contributed by atoms with Gasteiger partial charge in [-0.15, -0.1) is 0 Å². The molecule has 1 aliphatic heterocycles.